The van der Waals surface area contributed by atoms with Crippen molar-refractivity contribution in [3.63, 3.8) is 0 Å². The van der Waals surface area contributed by atoms with E-state index >= 15 is 0 Å². The molecule has 0 aliphatic heterocycles. The second-order valence-corrected chi connectivity index (χ2v) is 10.4. The Morgan fingerprint density at radius 1 is 0.477 bits per heavy atom. The van der Waals surface area contributed by atoms with Gasteiger partial charge in [-0.1, -0.05) is 48.5 Å². The van der Waals surface area contributed by atoms with Crippen LogP contribution in [0.5, 0.6) is 0 Å². The Morgan fingerprint density at radius 3 is 1.86 bits per heavy atom. The van der Waals surface area contributed by atoms with E-state index in [1.807, 2.05) is 66.9 Å². The number of hydrogen-bond donors (Lipinski definition) is 0. The fraction of sp³-hybridized carbons (Fsp3) is 0. The zero-order chi connectivity index (χ0) is 29.3. The fourth-order valence-corrected chi connectivity index (χ4v) is 5.46. The highest BCUT2D eigenvalue weighted by atomic mass is 16.4. The quantitative estimate of drug-likeness (QED) is 0.200. The molecular formula is C37H24N6O. The number of aromatic nitrogens is 6. The summed E-state index contributed by atoms with van der Waals surface area (Å²) in [6, 6.07) is 41.1. The zero-order valence-electron chi connectivity index (χ0n) is 23.4. The van der Waals surface area contributed by atoms with Crippen molar-refractivity contribution in [2.75, 3.05) is 0 Å². The number of pyridine rings is 2. The van der Waals surface area contributed by atoms with Crippen LogP contribution in [0.25, 0.3) is 73.3 Å². The molecule has 4 aromatic carbocycles. The summed E-state index contributed by atoms with van der Waals surface area (Å²) in [4.78, 5) is 13.7. The van der Waals surface area contributed by atoms with E-state index in [4.69, 9.17) is 9.40 Å². The fourth-order valence-electron chi connectivity index (χ4n) is 5.46. The van der Waals surface area contributed by atoms with Gasteiger partial charge in [-0.2, -0.15) is 0 Å². The Bertz CT molecular complexity index is 2220. The van der Waals surface area contributed by atoms with E-state index in [-0.39, 0.29) is 0 Å². The molecule has 0 bridgehead atoms. The van der Waals surface area contributed by atoms with Crippen LogP contribution in [0.3, 0.4) is 0 Å². The Hall–Kier alpha value is -6.21. The van der Waals surface area contributed by atoms with Crippen LogP contribution in [0, 0.1) is 0 Å². The monoisotopic (exact) mass is 568 g/mol. The predicted molar refractivity (Wildman–Crippen MR) is 172 cm³/mol. The van der Waals surface area contributed by atoms with Gasteiger partial charge in [-0.05, 0) is 89.5 Å². The van der Waals surface area contributed by atoms with Gasteiger partial charge in [0.05, 0.1) is 16.6 Å². The molecule has 4 aromatic heterocycles. The minimum atomic E-state index is 0.430. The maximum absolute atomic E-state index is 6.05. The standard InChI is InChI=1S/C37H24N6O/c1-2-13-32(14-3-1)43-34-16-5-4-15-33(34)40-35(43)31-21-29(20-30(22-31)27-11-7-17-38-23-27)25-9-6-10-26(19-25)36-41-42-37(44-36)28-12-8-18-39-24-28/h1-24H. The van der Waals surface area contributed by atoms with Crippen LogP contribution >= 0.6 is 0 Å². The molecule has 0 N–H and O–H groups in total. The molecule has 0 radical (unpaired) electrons. The summed E-state index contributed by atoms with van der Waals surface area (Å²) in [5.74, 6) is 1.73. The van der Waals surface area contributed by atoms with Gasteiger partial charge >= 0.3 is 0 Å². The summed E-state index contributed by atoms with van der Waals surface area (Å²) in [5, 5.41) is 8.59. The molecule has 0 fully saturated rings. The van der Waals surface area contributed by atoms with E-state index in [0.29, 0.717) is 11.8 Å². The Labute approximate surface area is 253 Å². The van der Waals surface area contributed by atoms with Gasteiger partial charge in [-0.15, -0.1) is 10.2 Å². The first-order chi connectivity index (χ1) is 21.8. The van der Waals surface area contributed by atoms with Crippen molar-refractivity contribution in [1.82, 2.24) is 29.7 Å². The molecule has 8 rings (SSSR count). The van der Waals surface area contributed by atoms with Crippen molar-refractivity contribution >= 4 is 11.0 Å². The zero-order valence-corrected chi connectivity index (χ0v) is 23.4. The third kappa shape index (κ3) is 4.72. The normalized spacial score (nSPS) is 11.2. The smallest absolute Gasteiger partial charge is 0.249 e. The van der Waals surface area contributed by atoms with Crippen molar-refractivity contribution in [2.24, 2.45) is 0 Å². The molecule has 0 saturated heterocycles. The van der Waals surface area contributed by atoms with Crippen LogP contribution in [-0.2, 0) is 0 Å². The summed E-state index contributed by atoms with van der Waals surface area (Å²) >= 11 is 0. The van der Waals surface area contributed by atoms with Crippen LogP contribution in [0.4, 0.5) is 0 Å². The molecule has 0 amide bonds. The summed E-state index contributed by atoms with van der Waals surface area (Å²) < 4.78 is 8.27. The van der Waals surface area contributed by atoms with E-state index in [1.165, 1.54) is 0 Å². The minimum Gasteiger partial charge on any atom is -0.416 e. The van der Waals surface area contributed by atoms with Gasteiger partial charge in [0.25, 0.3) is 0 Å². The molecule has 0 atom stereocenters. The van der Waals surface area contributed by atoms with Gasteiger partial charge in [0.15, 0.2) is 0 Å². The Morgan fingerprint density at radius 2 is 1.09 bits per heavy atom. The van der Waals surface area contributed by atoms with Crippen molar-refractivity contribution in [3.8, 4) is 62.2 Å². The lowest BCUT2D eigenvalue weighted by molar-refractivity contribution is 0.584. The van der Waals surface area contributed by atoms with Crippen LogP contribution in [0.15, 0.2) is 151 Å². The first-order valence-corrected chi connectivity index (χ1v) is 14.2. The van der Waals surface area contributed by atoms with E-state index in [2.05, 4.69) is 85.4 Å². The highest BCUT2D eigenvalue weighted by molar-refractivity contribution is 5.86. The van der Waals surface area contributed by atoms with Gasteiger partial charge in [-0.3, -0.25) is 14.5 Å². The number of benzene rings is 4. The molecule has 4 heterocycles. The number of para-hydroxylation sites is 3. The molecule has 0 aliphatic rings. The number of fused-ring (bicyclic) bond motifs is 1. The van der Waals surface area contributed by atoms with E-state index in [0.717, 1.165) is 61.5 Å². The number of imidazole rings is 1. The van der Waals surface area contributed by atoms with Gasteiger partial charge < -0.3 is 4.42 Å². The minimum absolute atomic E-state index is 0.430. The molecule has 0 aliphatic carbocycles. The molecule has 0 saturated carbocycles. The number of nitrogens with zero attached hydrogens (tertiary/aromatic N) is 6. The Balaban J connectivity index is 1.29. The topological polar surface area (TPSA) is 82.5 Å². The van der Waals surface area contributed by atoms with Gasteiger partial charge in [0.1, 0.15) is 5.82 Å². The molecule has 0 spiro atoms. The highest BCUT2D eigenvalue weighted by Crippen LogP contribution is 2.36. The Kier molecular flexibility index (Phi) is 6.31. The summed E-state index contributed by atoms with van der Waals surface area (Å²) in [5.41, 5.74) is 9.72. The molecule has 7 heteroatoms. The third-order valence-electron chi connectivity index (χ3n) is 7.54. The first kappa shape index (κ1) is 25.5. The SMILES string of the molecule is c1ccc(-n2c(-c3cc(-c4cccnc4)cc(-c4cccc(-c5nnc(-c6cccnc6)o5)c4)c3)nc3ccccc32)cc1. The molecule has 44 heavy (non-hydrogen) atoms. The first-order valence-electron chi connectivity index (χ1n) is 14.2. The van der Waals surface area contributed by atoms with E-state index in [1.54, 1.807) is 18.6 Å². The van der Waals surface area contributed by atoms with E-state index < -0.39 is 0 Å². The predicted octanol–water partition coefficient (Wildman–Crippen LogP) is 8.53. The van der Waals surface area contributed by atoms with Crippen molar-refractivity contribution in [2.45, 2.75) is 0 Å². The van der Waals surface area contributed by atoms with Crippen molar-refractivity contribution in [3.05, 3.63) is 146 Å². The van der Waals surface area contributed by atoms with Gasteiger partial charge in [-0.25, -0.2) is 4.98 Å². The van der Waals surface area contributed by atoms with Crippen molar-refractivity contribution < 1.29 is 4.42 Å². The molecule has 208 valence electrons. The lowest BCUT2D eigenvalue weighted by Crippen LogP contribution is -1.98. The molecule has 0 unspecified atom stereocenters. The second kappa shape index (κ2) is 10.9. The average molecular weight is 569 g/mol. The van der Waals surface area contributed by atoms with Crippen LogP contribution in [-0.4, -0.2) is 29.7 Å². The van der Waals surface area contributed by atoms with E-state index in [9.17, 15) is 0 Å². The third-order valence-corrected chi connectivity index (χ3v) is 7.54. The van der Waals surface area contributed by atoms with Gasteiger partial charge in [0, 0.05) is 47.2 Å². The highest BCUT2D eigenvalue weighted by Gasteiger charge is 2.17. The molecule has 7 nitrogen and oxygen atoms in total. The molecule has 8 aromatic rings. The van der Waals surface area contributed by atoms with Crippen molar-refractivity contribution in [1.29, 1.82) is 0 Å². The van der Waals surface area contributed by atoms with Crippen LogP contribution in [0.1, 0.15) is 0 Å². The maximum atomic E-state index is 6.05. The van der Waals surface area contributed by atoms with Gasteiger partial charge in [0.2, 0.25) is 11.8 Å². The summed E-state index contributed by atoms with van der Waals surface area (Å²) in [7, 11) is 0. The largest absolute Gasteiger partial charge is 0.416 e. The number of hydrogen-bond acceptors (Lipinski definition) is 6. The number of rotatable bonds is 6. The van der Waals surface area contributed by atoms with Crippen LogP contribution in [0.2, 0.25) is 0 Å². The van der Waals surface area contributed by atoms with Crippen LogP contribution < -0.4 is 0 Å². The lowest BCUT2D eigenvalue weighted by Gasteiger charge is -2.13. The average Bonchev–Trinajstić information content (AvgIpc) is 3.76. The molecular weight excluding hydrogens is 544 g/mol. The second-order valence-electron chi connectivity index (χ2n) is 10.4. The maximum Gasteiger partial charge on any atom is 0.249 e. The summed E-state index contributed by atoms with van der Waals surface area (Å²) in [6.45, 7) is 0. The lowest BCUT2D eigenvalue weighted by atomic mass is 9.95. The summed E-state index contributed by atoms with van der Waals surface area (Å²) in [6.07, 6.45) is 7.10.